The molecule has 0 aliphatic carbocycles. The zero-order chi connectivity index (χ0) is 17.4. The highest BCUT2D eigenvalue weighted by molar-refractivity contribution is 6.30. The lowest BCUT2D eigenvalue weighted by molar-refractivity contribution is -0.127. The number of aliphatic hydroxyl groups is 1. The van der Waals surface area contributed by atoms with Crippen LogP contribution in [0.2, 0.25) is 5.02 Å². The maximum atomic E-state index is 12.2. The van der Waals surface area contributed by atoms with Crippen molar-refractivity contribution in [1.29, 1.82) is 0 Å². The van der Waals surface area contributed by atoms with E-state index in [0.29, 0.717) is 23.7 Å². The molecule has 4 nitrogen and oxygen atoms in total. The molecule has 0 spiro atoms. The normalized spacial score (nSPS) is 13.1. The van der Waals surface area contributed by atoms with Gasteiger partial charge in [0, 0.05) is 24.1 Å². The van der Waals surface area contributed by atoms with E-state index in [1.54, 1.807) is 31.2 Å². The van der Waals surface area contributed by atoms with E-state index < -0.39 is 6.10 Å². The first-order chi connectivity index (χ1) is 11.6. The summed E-state index contributed by atoms with van der Waals surface area (Å²) in [6.07, 6.45) is -0.0394. The van der Waals surface area contributed by atoms with Crippen LogP contribution in [-0.4, -0.2) is 30.3 Å². The molecule has 0 aliphatic rings. The highest BCUT2D eigenvalue weighted by Gasteiger charge is 2.17. The molecule has 0 radical (unpaired) electrons. The molecule has 128 valence electrons. The van der Waals surface area contributed by atoms with Crippen LogP contribution in [0.5, 0.6) is 5.75 Å². The first-order valence-electron chi connectivity index (χ1n) is 7.96. The zero-order valence-corrected chi connectivity index (χ0v) is 14.4. The minimum absolute atomic E-state index is 0.0681. The van der Waals surface area contributed by atoms with Crippen molar-refractivity contribution >= 4 is 17.5 Å². The van der Waals surface area contributed by atoms with Gasteiger partial charge in [-0.3, -0.25) is 4.79 Å². The number of halogens is 1. The van der Waals surface area contributed by atoms with Gasteiger partial charge in [-0.05, 0) is 37.1 Å². The van der Waals surface area contributed by atoms with E-state index in [9.17, 15) is 9.90 Å². The Kier molecular flexibility index (Phi) is 7.09. The minimum atomic E-state index is -0.631. The lowest BCUT2D eigenvalue weighted by Gasteiger charge is -2.19. The van der Waals surface area contributed by atoms with Gasteiger partial charge in [0.15, 0.2) is 6.10 Å². The number of ether oxygens (including phenoxy) is 1. The van der Waals surface area contributed by atoms with Crippen LogP contribution < -0.4 is 10.1 Å². The molecule has 2 unspecified atom stereocenters. The Balaban J connectivity index is 1.90. The summed E-state index contributed by atoms with van der Waals surface area (Å²) in [4.78, 5) is 12.2. The summed E-state index contributed by atoms with van der Waals surface area (Å²) in [5.41, 5.74) is 1.09. The average molecular weight is 348 g/mol. The first kappa shape index (κ1) is 18.3. The maximum Gasteiger partial charge on any atom is 0.260 e. The van der Waals surface area contributed by atoms with Crippen molar-refractivity contribution in [2.75, 3.05) is 13.2 Å². The molecule has 2 atom stereocenters. The molecule has 0 heterocycles. The zero-order valence-electron chi connectivity index (χ0n) is 13.6. The number of nitrogens with one attached hydrogen (secondary N) is 1. The van der Waals surface area contributed by atoms with E-state index >= 15 is 0 Å². The van der Waals surface area contributed by atoms with Crippen molar-refractivity contribution in [3.8, 4) is 5.75 Å². The van der Waals surface area contributed by atoms with Gasteiger partial charge in [0.2, 0.25) is 0 Å². The molecule has 0 saturated heterocycles. The van der Waals surface area contributed by atoms with Gasteiger partial charge >= 0.3 is 0 Å². The Bertz CT molecular complexity index is 648. The molecular weight excluding hydrogens is 326 g/mol. The smallest absolute Gasteiger partial charge is 0.260 e. The Morgan fingerprint density at radius 1 is 1.21 bits per heavy atom. The highest BCUT2D eigenvalue weighted by atomic mass is 35.5. The molecule has 5 heteroatoms. The fraction of sp³-hybridized carbons (Fsp3) is 0.316. The first-order valence-corrected chi connectivity index (χ1v) is 8.33. The monoisotopic (exact) mass is 347 g/mol. The number of hydrogen-bond donors (Lipinski definition) is 2. The van der Waals surface area contributed by atoms with Gasteiger partial charge < -0.3 is 15.2 Å². The Morgan fingerprint density at radius 2 is 1.96 bits per heavy atom. The molecule has 0 fully saturated rings. The van der Waals surface area contributed by atoms with Gasteiger partial charge in [0.25, 0.3) is 5.91 Å². The SMILES string of the molecule is CC(Oc1cccc(Cl)c1)C(=O)NCC(CCO)c1ccccc1. The highest BCUT2D eigenvalue weighted by Crippen LogP contribution is 2.20. The van der Waals surface area contributed by atoms with Crippen LogP contribution >= 0.6 is 11.6 Å². The Hall–Kier alpha value is -2.04. The summed E-state index contributed by atoms with van der Waals surface area (Å²) >= 11 is 5.91. The average Bonchev–Trinajstić information content (AvgIpc) is 2.59. The molecule has 1 amide bonds. The second-order valence-corrected chi connectivity index (χ2v) is 6.02. The van der Waals surface area contributed by atoms with Crippen molar-refractivity contribution in [3.63, 3.8) is 0 Å². The number of aliphatic hydroxyl groups excluding tert-OH is 1. The fourth-order valence-corrected chi connectivity index (χ4v) is 2.61. The van der Waals surface area contributed by atoms with Crippen molar-refractivity contribution < 1.29 is 14.6 Å². The molecule has 2 rings (SSSR count). The molecule has 0 aromatic heterocycles. The number of benzene rings is 2. The van der Waals surface area contributed by atoms with Crippen molar-refractivity contribution in [3.05, 3.63) is 65.2 Å². The van der Waals surface area contributed by atoms with Crippen molar-refractivity contribution in [2.45, 2.75) is 25.4 Å². The number of carbonyl (C=O) groups excluding carboxylic acids is 1. The van der Waals surface area contributed by atoms with Gasteiger partial charge in [-0.15, -0.1) is 0 Å². The van der Waals surface area contributed by atoms with Crippen LogP contribution in [0.1, 0.15) is 24.8 Å². The van der Waals surface area contributed by atoms with Crippen LogP contribution in [0.4, 0.5) is 0 Å². The van der Waals surface area contributed by atoms with Crippen LogP contribution in [0, 0.1) is 0 Å². The van der Waals surface area contributed by atoms with Crippen LogP contribution in [0.25, 0.3) is 0 Å². The lowest BCUT2D eigenvalue weighted by atomic mass is 9.96. The van der Waals surface area contributed by atoms with Crippen LogP contribution in [0.15, 0.2) is 54.6 Å². The van der Waals surface area contributed by atoms with Crippen molar-refractivity contribution in [2.24, 2.45) is 0 Å². The van der Waals surface area contributed by atoms with Crippen LogP contribution in [-0.2, 0) is 4.79 Å². The molecule has 0 bridgehead atoms. The van der Waals surface area contributed by atoms with E-state index in [1.165, 1.54) is 0 Å². The minimum Gasteiger partial charge on any atom is -0.481 e. The molecule has 2 aromatic carbocycles. The summed E-state index contributed by atoms with van der Waals surface area (Å²) in [5, 5.41) is 12.7. The summed E-state index contributed by atoms with van der Waals surface area (Å²) in [5.74, 6) is 0.424. The lowest BCUT2D eigenvalue weighted by Crippen LogP contribution is -2.38. The standard InChI is InChI=1S/C19H22ClNO3/c1-14(24-18-9-5-8-17(20)12-18)19(23)21-13-16(10-11-22)15-6-3-2-4-7-15/h2-9,12,14,16,22H,10-11,13H2,1H3,(H,21,23). The van der Waals surface area contributed by atoms with Gasteiger partial charge in [-0.2, -0.15) is 0 Å². The second kappa shape index (κ2) is 9.30. The van der Waals surface area contributed by atoms with Crippen molar-refractivity contribution in [1.82, 2.24) is 5.32 Å². The second-order valence-electron chi connectivity index (χ2n) is 5.58. The third-order valence-electron chi connectivity index (χ3n) is 3.75. The fourth-order valence-electron chi connectivity index (χ4n) is 2.43. The van der Waals surface area contributed by atoms with E-state index in [1.807, 2.05) is 30.3 Å². The van der Waals surface area contributed by atoms with Gasteiger partial charge in [0.05, 0.1) is 0 Å². The van der Waals surface area contributed by atoms with E-state index in [2.05, 4.69) is 5.32 Å². The van der Waals surface area contributed by atoms with Gasteiger partial charge in [0.1, 0.15) is 5.75 Å². The van der Waals surface area contributed by atoms with E-state index in [4.69, 9.17) is 16.3 Å². The number of amides is 1. The molecule has 24 heavy (non-hydrogen) atoms. The van der Waals surface area contributed by atoms with Gasteiger partial charge in [-0.1, -0.05) is 48.0 Å². The number of rotatable bonds is 8. The number of hydrogen-bond acceptors (Lipinski definition) is 3. The third-order valence-corrected chi connectivity index (χ3v) is 3.98. The molecule has 2 aromatic rings. The van der Waals surface area contributed by atoms with Gasteiger partial charge in [-0.25, -0.2) is 0 Å². The summed E-state index contributed by atoms with van der Waals surface area (Å²) in [7, 11) is 0. The predicted molar refractivity (Wildman–Crippen MR) is 95.4 cm³/mol. The quantitative estimate of drug-likeness (QED) is 0.769. The summed E-state index contributed by atoms with van der Waals surface area (Å²) in [6.45, 7) is 2.22. The van der Waals surface area contributed by atoms with Crippen LogP contribution in [0.3, 0.4) is 0 Å². The molecule has 0 aliphatic heterocycles. The summed E-state index contributed by atoms with van der Waals surface area (Å²) in [6, 6.07) is 16.8. The largest absolute Gasteiger partial charge is 0.481 e. The maximum absolute atomic E-state index is 12.2. The van der Waals surface area contributed by atoms with E-state index in [-0.39, 0.29) is 18.4 Å². The molecule has 2 N–H and O–H groups in total. The predicted octanol–water partition coefficient (Wildman–Crippen LogP) is 3.39. The summed E-state index contributed by atoms with van der Waals surface area (Å²) < 4.78 is 5.61. The van der Waals surface area contributed by atoms with E-state index in [0.717, 1.165) is 5.56 Å². The topological polar surface area (TPSA) is 58.6 Å². The number of carbonyl (C=O) groups is 1. The third kappa shape index (κ3) is 5.55. The molecule has 0 saturated carbocycles. The Labute approximate surface area is 147 Å². The Morgan fingerprint density at radius 3 is 2.62 bits per heavy atom. The molecular formula is C19H22ClNO3.